The summed E-state index contributed by atoms with van der Waals surface area (Å²) in [6, 6.07) is -0.811. The number of hydrogen-bond acceptors (Lipinski definition) is 6. The van der Waals surface area contributed by atoms with Crippen LogP contribution in [0.5, 0.6) is 0 Å². The van der Waals surface area contributed by atoms with Crippen LogP contribution in [0.3, 0.4) is 0 Å². The molecule has 1 aromatic heterocycles. The molecule has 1 aliphatic rings. The Morgan fingerprint density at radius 3 is 2.81 bits per heavy atom. The van der Waals surface area contributed by atoms with Crippen molar-refractivity contribution in [2.24, 2.45) is 0 Å². The quantitative estimate of drug-likeness (QED) is 0.735. The Kier molecular flexibility index (Phi) is 5.05. The predicted octanol–water partition coefficient (Wildman–Crippen LogP) is 1.39. The molecule has 0 unspecified atom stereocenters. The molecule has 1 aromatic rings. The lowest BCUT2D eigenvalue weighted by molar-refractivity contribution is 0.256. The third kappa shape index (κ3) is 4.92. The Hall–Kier alpha value is -1.77. The van der Waals surface area contributed by atoms with Crippen LogP contribution in [0.25, 0.3) is 0 Å². The Bertz CT molecular complexity index is 601. The van der Waals surface area contributed by atoms with Gasteiger partial charge in [-0.05, 0) is 30.4 Å². The molecule has 0 saturated heterocycles. The van der Waals surface area contributed by atoms with Gasteiger partial charge in [0.05, 0.1) is 11.9 Å². The number of anilines is 1. The third-order valence-electron chi connectivity index (χ3n) is 3.18. The van der Waals surface area contributed by atoms with Crippen LogP contribution >= 0.6 is 0 Å². The molecule has 0 bridgehead atoms. The van der Waals surface area contributed by atoms with Gasteiger partial charge in [0.2, 0.25) is 10.0 Å². The maximum Gasteiger partial charge on any atom is 0.334 e. The molecule has 116 valence electrons. The van der Waals surface area contributed by atoms with Crippen molar-refractivity contribution in [3.8, 4) is 0 Å². The summed E-state index contributed by atoms with van der Waals surface area (Å²) in [6.07, 6.45) is 5.83. The predicted molar refractivity (Wildman–Crippen MR) is 77.3 cm³/mol. The number of sulfonamides is 1. The van der Waals surface area contributed by atoms with E-state index in [9.17, 15) is 13.2 Å². The molecule has 8 nitrogen and oxygen atoms in total. The first-order chi connectivity index (χ1) is 10.0. The highest BCUT2D eigenvalue weighted by atomic mass is 32.2. The zero-order valence-corrected chi connectivity index (χ0v) is 12.7. The second-order valence-corrected chi connectivity index (χ2v) is 6.94. The number of rotatable bonds is 7. The highest BCUT2D eigenvalue weighted by Crippen LogP contribution is 2.42. The average Bonchev–Trinajstić information content (AvgIpc) is 3.23. The van der Waals surface area contributed by atoms with Crippen molar-refractivity contribution in [1.29, 1.82) is 0 Å². The highest BCUT2D eigenvalue weighted by molar-refractivity contribution is 7.90. The summed E-state index contributed by atoms with van der Waals surface area (Å²) in [4.78, 5) is 11.8. The molecule has 0 radical (unpaired) electrons. The van der Waals surface area contributed by atoms with Gasteiger partial charge < -0.3 is 0 Å². The molecule has 0 atom stereocenters. The largest absolute Gasteiger partial charge is 0.334 e. The van der Waals surface area contributed by atoms with Crippen LogP contribution in [0, 0.1) is 0 Å². The Morgan fingerprint density at radius 2 is 2.14 bits per heavy atom. The molecule has 0 aromatic carbocycles. The van der Waals surface area contributed by atoms with Crippen molar-refractivity contribution in [1.82, 2.24) is 20.1 Å². The van der Waals surface area contributed by atoms with Gasteiger partial charge in [0.15, 0.2) is 5.82 Å². The molecule has 1 saturated carbocycles. The molecule has 9 heteroatoms. The van der Waals surface area contributed by atoms with E-state index in [4.69, 9.17) is 0 Å². The number of nitrogens with one attached hydrogen (secondary N) is 2. The summed E-state index contributed by atoms with van der Waals surface area (Å²) < 4.78 is 25.4. The van der Waals surface area contributed by atoms with E-state index >= 15 is 0 Å². The van der Waals surface area contributed by atoms with Gasteiger partial charge in [-0.3, -0.25) is 5.32 Å². The molecule has 0 spiro atoms. The average molecular weight is 313 g/mol. The molecule has 2 N–H and O–H groups in total. The maximum absolute atomic E-state index is 11.8. The Labute approximate surface area is 123 Å². The number of aromatic nitrogens is 3. The summed E-state index contributed by atoms with van der Waals surface area (Å²) in [5.41, 5.74) is 0.795. The van der Waals surface area contributed by atoms with E-state index in [2.05, 4.69) is 20.7 Å². The molecule has 1 heterocycles. The van der Waals surface area contributed by atoms with Crippen molar-refractivity contribution in [3.05, 3.63) is 11.8 Å². The summed E-state index contributed by atoms with van der Waals surface area (Å²) in [7, 11) is -3.62. The number of urea groups is 1. The second-order valence-electron chi connectivity index (χ2n) is 5.09. The fraction of sp³-hybridized carbons (Fsp3) is 0.667. The van der Waals surface area contributed by atoms with Crippen molar-refractivity contribution >= 4 is 21.9 Å². The van der Waals surface area contributed by atoms with Gasteiger partial charge >= 0.3 is 6.03 Å². The smallest absolute Gasteiger partial charge is 0.290 e. The molecule has 1 fully saturated rings. The van der Waals surface area contributed by atoms with Gasteiger partial charge in [0.25, 0.3) is 0 Å². The first-order valence-electron chi connectivity index (χ1n) is 7.01. The molecular weight excluding hydrogens is 294 g/mol. The zero-order valence-electron chi connectivity index (χ0n) is 11.9. The van der Waals surface area contributed by atoms with E-state index < -0.39 is 16.1 Å². The second kappa shape index (κ2) is 6.79. The van der Waals surface area contributed by atoms with Crippen molar-refractivity contribution < 1.29 is 13.2 Å². The van der Waals surface area contributed by atoms with Gasteiger partial charge in [-0.15, -0.1) is 10.2 Å². The number of unbranched alkanes of at least 4 members (excludes halogenated alkanes) is 2. The fourth-order valence-corrected chi connectivity index (χ4v) is 2.95. The number of hydrogen-bond donors (Lipinski definition) is 2. The molecule has 2 amide bonds. The summed E-state index contributed by atoms with van der Waals surface area (Å²) in [5.74, 6) is 0.532. The molecule has 0 aliphatic heterocycles. The van der Waals surface area contributed by atoms with E-state index in [1.165, 1.54) is 0 Å². The van der Waals surface area contributed by atoms with Crippen LogP contribution in [-0.4, -0.2) is 35.6 Å². The lowest BCUT2D eigenvalue weighted by atomic mass is 10.2. The zero-order chi connectivity index (χ0) is 15.3. The maximum atomic E-state index is 11.8. The fourth-order valence-electron chi connectivity index (χ4n) is 1.94. The van der Waals surface area contributed by atoms with Crippen molar-refractivity contribution in [3.63, 3.8) is 0 Å². The summed E-state index contributed by atoms with van der Waals surface area (Å²) >= 11 is 0. The lowest BCUT2D eigenvalue weighted by Crippen LogP contribution is -2.36. The minimum absolute atomic E-state index is 0.0637. The van der Waals surface area contributed by atoms with E-state index in [1.54, 1.807) is 6.20 Å². The minimum atomic E-state index is -3.62. The normalized spacial score (nSPS) is 14.7. The molecule has 2 rings (SSSR count). The van der Waals surface area contributed by atoms with Crippen LogP contribution in [0.4, 0.5) is 10.6 Å². The van der Waals surface area contributed by atoms with E-state index in [0.717, 1.165) is 31.2 Å². The van der Waals surface area contributed by atoms with Gasteiger partial charge in [0, 0.05) is 5.56 Å². The molecule has 21 heavy (non-hydrogen) atoms. The van der Waals surface area contributed by atoms with E-state index in [1.807, 2.05) is 11.6 Å². The topological polar surface area (TPSA) is 114 Å². The monoisotopic (exact) mass is 313 g/mol. The molecule has 1 aliphatic carbocycles. The Balaban J connectivity index is 1.92. The van der Waals surface area contributed by atoms with Crippen LogP contribution in [0.1, 0.15) is 50.5 Å². The molecular formula is C12H19N5O3S. The number of nitrogens with zero attached hydrogens (tertiary/aromatic N) is 3. The van der Waals surface area contributed by atoms with Crippen molar-refractivity contribution in [2.75, 3.05) is 11.1 Å². The van der Waals surface area contributed by atoms with Gasteiger partial charge in [-0.1, -0.05) is 19.8 Å². The highest BCUT2D eigenvalue weighted by Gasteiger charge is 2.28. The summed E-state index contributed by atoms with van der Waals surface area (Å²) in [5, 5.41) is 13.4. The van der Waals surface area contributed by atoms with Crippen LogP contribution in [0.2, 0.25) is 0 Å². The minimum Gasteiger partial charge on any atom is -0.290 e. The Morgan fingerprint density at radius 1 is 1.38 bits per heavy atom. The number of amides is 2. The summed E-state index contributed by atoms with van der Waals surface area (Å²) in [6.45, 7) is 1.98. The van der Waals surface area contributed by atoms with E-state index in [0.29, 0.717) is 12.3 Å². The van der Waals surface area contributed by atoms with Crippen LogP contribution < -0.4 is 10.0 Å². The third-order valence-corrected chi connectivity index (χ3v) is 4.50. The van der Waals surface area contributed by atoms with Gasteiger partial charge in [-0.2, -0.15) is 0 Å². The SMILES string of the molecule is CCCCCS(=O)(=O)NC(=O)Nc1nnncc1C1CC1. The van der Waals surface area contributed by atoms with Crippen LogP contribution in [-0.2, 0) is 10.0 Å². The number of carbonyl (C=O) groups excluding carboxylic acids is 1. The first kappa shape index (κ1) is 15.6. The lowest BCUT2D eigenvalue weighted by Gasteiger charge is -2.09. The first-order valence-corrected chi connectivity index (χ1v) is 8.67. The van der Waals surface area contributed by atoms with Crippen LogP contribution in [0.15, 0.2) is 6.20 Å². The van der Waals surface area contributed by atoms with Gasteiger partial charge in [0.1, 0.15) is 0 Å². The van der Waals surface area contributed by atoms with E-state index in [-0.39, 0.29) is 11.6 Å². The van der Waals surface area contributed by atoms with Gasteiger partial charge in [-0.25, -0.2) is 17.9 Å². The van der Waals surface area contributed by atoms with Crippen molar-refractivity contribution in [2.45, 2.75) is 44.9 Å². The standard InChI is InChI=1S/C12H19N5O3S/c1-2-3-4-7-21(19,20)16-12(18)14-11-10(9-5-6-9)8-13-17-15-11/h8-9H,2-7H2,1H3,(H2,13,14,15,16,18). The number of carbonyl (C=O) groups is 1.